The highest BCUT2D eigenvalue weighted by atomic mass is 32.2. The molecule has 0 fully saturated rings. The first-order valence-electron chi connectivity index (χ1n) is 6.46. The second-order valence-electron chi connectivity index (χ2n) is 6.31. The van der Waals surface area contributed by atoms with Crippen molar-refractivity contribution in [3.8, 4) is 5.40 Å². The van der Waals surface area contributed by atoms with Gasteiger partial charge in [-0.25, -0.2) is 4.98 Å². The molecule has 0 radical (unpaired) electrons. The minimum atomic E-state index is 0.344. The molecule has 0 amide bonds. The number of fused-ring (bicyclic) bond motifs is 1. The second kappa shape index (κ2) is 4.93. The van der Waals surface area contributed by atoms with E-state index in [4.69, 9.17) is 5.26 Å². The zero-order chi connectivity index (χ0) is 13.3. The van der Waals surface area contributed by atoms with Gasteiger partial charge in [0.25, 0.3) is 0 Å². The number of thioether (sulfide) groups is 1. The number of aromatic nitrogens is 1. The van der Waals surface area contributed by atoms with Crippen LogP contribution in [0.3, 0.4) is 0 Å². The molecule has 1 aliphatic rings. The van der Waals surface area contributed by atoms with Crippen LogP contribution in [0.2, 0.25) is 0 Å². The van der Waals surface area contributed by atoms with Crippen LogP contribution in [0.5, 0.6) is 0 Å². The molecular weight excluding hydrogens is 240 g/mol. The van der Waals surface area contributed by atoms with E-state index in [0.717, 1.165) is 29.6 Å². The van der Waals surface area contributed by atoms with Gasteiger partial charge in [-0.2, -0.15) is 5.26 Å². The molecule has 3 heteroatoms. The normalized spacial score (nSPS) is 23.3. The summed E-state index contributed by atoms with van der Waals surface area (Å²) in [6.07, 6.45) is 2.15. The molecule has 2 rings (SSSR count). The van der Waals surface area contributed by atoms with Crippen molar-refractivity contribution in [3.05, 3.63) is 23.4 Å². The van der Waals surface area contributed by atoms with Crippen molar-refractivity contribution in [2.24, 2.45) is 17.3 Å². The maximum atomic E-state index is 8.70. The van der Waals surface area contributed by atoms with Gasteiger partial charge in [0.2, 0.25) is 0 Å². The monoisotopic (exact) mass is 260 g/mol. The Morgan fingerprint density at radius 3 is 2.67 bits per heavy atom. The Labute approximate surface area is 114 Å². The van der Waals surface area contributed by atoms with Crippen LogP contribution in [0.1, 0.15) is 39.0 Å². The molecule has 1 heterocycles. The minimum absolute atomic E-state index is 0.344. The first-order chi connectivity index (χ1) is 8.41. The summed E-state index contributed by atoms with van der Waals surface area (Å²) in [6.45, 7) is 9.30. The van der Waals surface area contributed by atoms with E-state index in [1.54, 1.807) is 0 Å². The van der Waals surface area contributed by atoms with E-state index in [1.807, 2.05) is 6.07 Å². The molecule has 0 N–H and O–H groups in total. The average Bonchev–Trinajstić information content (AvgIpc) is 2.27. The van der Waals surface area contributed by atoms with Crippen molar-refractivity contribution in [1.29, 1.82) is 5.26 Å². The number of nitrogens with zero attached hydrogens (tertiary/aromatic N) is 2. The quantitative estimate of drug-likeness (QED) is 0.564. The van der Waals surface area contributed by atoms with Crippen LogP contribution >= 0.6 is 11.8 Å². The third kappa shape index (κ3) is 2.70. The van der Waals surface area contributed by atoms with Gasteiger partial charge in [-0.3, -0.25) is 0 Å². The Morgan fingerprint density at radius 1 is 1.33 bits per heavy atom. The van der Waals surface area contributed by atoms with E-state index in [2.05, 4.69) is 44.1 Å². The molecule has 18 heavy (non-hydrogen) atoms. The van der Waals surface area contributed by atoms with Crippen LogP contribution < -0.4 is 0 Å². The fourth-order valence-electron chi connectivity index (χ4n) is 3.02. The van der Waals surface area contributed by atoms with Crippen molar-refractivity contribution in [2.45, 2.75) is 45.6 Å². The van der Waals surface area contributed by atoms with Gasteiger partial charge in [-0.05, 0) is 41.7 Å². The molecule has 1 aromatic heterocycles. The average molecular weight is 260 g/mol. The SMILES string of the molecule is CC1Cc2nc(SC#N)ccc2CC1C(C)(C)C. The number of hydrogen-bond donors (Lipinski definition) is 0. The number of pyridine rings is 1. The fourth-order valence-corrected chi connectivity index (χ4v) is 3.41. The van der Waals surface area contributed by atoms with Crippen molar-refractivity contribution in [1.82, 2.24) is 4.98 Å². The van der Waals surface area contributed by atoms with Gasteiger partial charge >= 0.3 is 0 Å². The molecule has 1 aromatic rings. The molecule has 0 bridgehead atoms. The molecule has 2 nitrogen and oxygen atoms in total. The number of rotatable bonds is 1. The number of nitriles is 1. The first kappa shape index (κ1) is 13.4. The van der Waals surface area contributed by atoms with Crippen LogP contribution in [-0.4, -0.2) is 4.98 Å². The van der Waals surface area contributed by atoms with Gasteiger partial charge in [0.15, 0.2) is 0 Å². The summed E-state index contributed by atoms with van der Waals surface area (Å²) in [5.41, 5.74) is 2.91. The lowest BCUT2D eigenvalue weighted by molar-refractivity contribution is 0.155. The highest BCUT2D eigenvalue weighted by Gasteiger charge is 2.34. The lowest BCUT2D eigenvalue weighted by Gasteiger charge is -2.39. The van der Waals surface area contributed by atoms with Crippen molar-refractivity contribution in [3.63, 3.8) is 0 Å². The Balaban J connectivity index is 2.28. The van der Waals surface area contributed by atoms with Gasteiger partial charge in [0, 0.05) is 17.5 Å². The number of hydrogen-bond acceptors (Lipinski definition) is 3. The van der Waals surface area contributed by atoms with Gasteiger partial charge in [0.1, 0.15) is 10.4 Å². The van der Waals surface area contributed by atoms with E-state index in [1.165, 1.54) is 11.3 Å². The highest BCUT2D eigenvalue weighted by Crippen LogP contribution is 2.40. The second-order valence-corrected chi connectivity index (χ2v) is 7.11. The minimum Gasteiger partial charge on any atom is -0.245 e. The maximum absolute atomic E-state index is 8.70. The smallest absolute Gasteiger partial charge is 0.140 e. The lowest BCUT2D eigenvalue weighted by Crippen LogP contribution is -2.34. The third-order valence-electron chi connectivity index (χ3n) is 3.95. The van der Waals surface area contributed by atoms with Crippen LogP contribution in [0.25, 0.3) is 0 Å². The molecule has 0 aliphatic heterocycles. The third-order valence-corrected chi connectivity index (χ3v) is 4.48. The summed E-state index contributed by atoms with van der Waals surface area (Å²) in [5, 5.41) is 11.6. The van der Waals surface area contributed by atoms with Gasteiger partial charge in [-0.1, -0.05) is 33.8 Å². The predicted molar refractivity (Wildman–Crippen MR) is 75.2 cm³/mol. The summed E-state index contributed by atoms with van der Waals surface area (Å²) in [5.74, 6) is 1.37. The predicted octanol–water partition coefficient (Wildman–Crippen LogP) is 4.05. The van der Waals surface area contributed by atoms with Crippen LogP contribution in [0.15, 0.2) is 17.2 Å². The summed E-state index contributed by atoms with van der Waals surface area (Å²) >= 11 is 1.15. The standard InChI is InChI=1S/C15H20N2S/c1-10-7-13-11(8-12(10)15(2,3)4)5-6-14(17-13)18-9-16/h5-6,10,12H,7-8H2,1-4H3. The van der Waals surface area contributed by atoms with Crippen molar-refractivity contribution < 1.29 is 0 Å². The van der Waals surface area contributed by atoms with Gasteiger partial charge < -0.3 is 0 Å². The molecule has 0 aromatic carbocycles. The molecule has 0 spiro atoms. The molecule has 96 valence electrons. The molecule has 0 saturated carbocycles. The van der Waals surface area contributed by atoms with E-state index >= 15 is 0 Å². The molecule has 2 atom stereocenters. The maximum Gasteiger partial charge on any atom is 0.140 e. The zero-order valence-corrected chi connectivity index (χ0v) is 12.3. The Kier molecular flexibility index (Phi) is 3.68. The Bertz CT molecular complexity index is 482. The van der Waals surface area contributed by atoms with E-state index in [9.17, 15) is 0 Å². The summed E-state index contributed by atoms with van der Waals surface area (Å²) in [6, 6.07) is 4.13. The topological polar surface area (TPSA) is 36.7 Å². The zero-order valence-electron chi connectivity index (χ0n) is 11.5. The largest absolute Gasteiger partial charge is 0.245 e. The van der Waals surface area contributed by atoms with Gasteiger partial charge in [0.05, 0.1) is 0 Å². The Morgan fingerprint density at radius 2 is 2.06 bits per heavy atom. The van der Waals surface area contributed by atoms with Crippen molar-refractivity contribution in [2.75, 3.05) is 0 Å². The Hall–Kier alpha value is -1.01. The van der Waals surface area contributed by atoms with E-state index < -0.39 is 0 Å². The number of thiocyanates is 1. The first-order valence-corrected chi connectivity index (χ1v) is 7.28. The molecule has 1 aliphatic carbocycles. The summed E-state index contributed by atoms with van der Waals surface area (Å²) in [7, 11) is 0. The van der Waals surface area contributed by atoms with Crippen LogP contribution in [0.4, 0.5) is 0 Å². The van der Waals surface area contributed by atoms with Crippen molar-refractivity contribution >= 4 is 11.8 Å². The molecular formula is C15H20N2S. The molecule has 0 saturated heterocycles. The lowest BCUT2D eigenvalue weighted by atomic mass is 9.66. The molecule has 2 unspecified atom stereocenters. The summed E-state index contributed by atoms with van der Waals surface area (Å²) < 4.78 is 0. The van der Waals surface area contributed by atoms with Gasteiger partial charge in [-0.15, -0.1) is 0 Å². The van der Waals surface area contributed by atoms with E-state index in [-0.39, 0.29) is 0 Å². The summed E-state index contributed by atoms with van der Waals surface area (Å²) in [4.78, 5) is 4.61. The van der Waals surface area contributed by atoms with Crippen LogP contribution in [0, 0.1) is 27.9 Å². The van der Waals surface area contributed by atoms with Crippen LogP contribution in [-0.2, 0) is 12.8 Å². The highest BCUT2D eigenvalue weighted by molar-refractivity contribution is 8.03. The fraction of sp³-hybridized carbons (Fsp3) is 0.600. The van der Waals surface area contributed by atoms with E-state index in [0.29, 0.717) is 17.3 Å².